The molecule has 0 atom stereocenters. The number of benzene rings is 1. The summed E-state index contributed by atoms with van der Waals surface area (Å²) in [6.45, 7) is 0.372. The van der Waals surface area contributed by atoms with Gasteiger partial charge in [0.05, 0.1) is 5.97 Å². The summed E-state index contributed by atoms with van der Waals surface area (Å²) in [7, 11) is 0. The van der Waals surface area contributed by atoms with Crippen molar-refractivity contribution in [1.82, 2.24) is 5.32 Å². The predicted octanol–water partition coefficient (Wildman–Crippen LogP) is -0.391. The van der Waals surface area contributed by atoms with Crippen LogP contribution >= 0.6 is 0 Å². The number of amides is 1. The Morgan fingerprint density at radius 2 is 1.87 bits per heavy atom. The molecule has 1 rings (SSSR count). The van der Waals surface area contributed by atoms with Gasteiger partial charge in [-0.25, -0.2) is 0 Å². The molecule has 0 aliphatic rings. The maximum Gasteiger partial charge on any atom is 0.244 e. The number of hydrogen-bond donors (Lipinski definition) is 1. The maximum absolute atomic E-state index is 11.0. The highest BCUT2D eigenvalue weighted by atomic mass is 16.4. The molecule has 15 heavy (non-hydrogen) atoms. The van der Waals surface area contributed by atoms with Crippen molar-refractivity contribution in [2.45, 2.75) is 6.54 Å². The van der Waals surface area contributed by atoms with E-state index >= 15 is 0 Å². The Hall–Kier alpha value is -2.10. The van der Waals surface area contributed by atoms with Gasteiger partial charge in [0.15, 0.2) is 0 Å². The minimum absolute atomic E-state index is 0.372. The Morgan fingerprint density at radius 1 is 1.20 bits per heavy atom. The fourth-order valence-corrected chi connectivity index (χ4v) is 0.988. The number of carboxylic acid groups (broad SMARTS) is 1. The molecule has 1 aromatic carbocycles. The van der Waals surface area contributed by atoms with Crippen molar-refractivity contribution in [3.05, 3.63) is 48.0 Å². The van der Waals surface area contributed by atoms with Gasteiger partial charge in [0.2, 0.25) is 5.91 Å². The molecule has 0 saturated heterocycles. The van der Waals surface area contributed by atoms with E-state index in [0.717, 1.165) is 11.6 Å². The molecule has 0 unspecified atom stereocenters. The number of nitrogens with one attached hydrogen (secondary N) is 1. The van der Waals surface area contributed by atoms with Crippen LogP contribution in [-0.4, -0.2) is 11.9 Å². The Bertz CT molecular complexity index is 371. The molecule has 1 N–H and O–H groups in total. The van der Waals surface area contributed by atoms with Gasteiger partial charge < -0.3 is 15.2 Å². The number of carbonyl (C=O) groups excluding carboxylic acids is 2. The summed E-state index contributed by atoms with van der Waals surface area (Å²) < 4.78 is 0. The lowest BCUT2D eigenvalue weighted by Crippen LogP contribution is -2.23. The van der Waals surface area contributed by atoms with Crippen molar-refractivity contribution in [2.75, 3.05) is 0 Å². The van der Waals surface area contributed by atoms with E-state index in [2.05, 4.69) is 5.32 Å². The SMILES string of the molecule is O=C([O-])/C=C/C(=O)NCc1ccccc1. The second-order valence-corrected chi connectivity index (χ2v) is 2.86. The van der Waals surface area contributed by atoms with Crippen LogP contribution in [0.3, 0.4) is 0 Å². The summed E-state index contributed by atoms with van der Waals surface area (Å²) in [5, 5.41) is 12.5. The van der Waals surface area contributed by atoms with Crippen LogP contribution in [0.2, 0.25) is 0 Å². The highest BCUT2D eigenvalue weighted by Crippen LogP contribution is 1.96. The van der Waals surface area contributed by atoms with Gasteiger partial charge in [-0.05, 0) is 11.6 Å². The molecule has 0 aliphatic heterocycles. The van der Waals surface area contributed by atoms with Crippen LogP contribution in [-0.2, 0) is 16.1 Å². The predicted molar refractivity (Wildman–Crippen MR) is 52.4 cm³/mol. The van der Waals surface area contributed by atoms with Gasteiger partial charge in [-0.2, -0.15) is 0 Å². The molecule has 78 valence electrons. The first-order valence-electron chi connectivity index (χ1n) is 4.39. The van der Waals surface area contributed by atoms with Crippen molar-refractivity contribution in [3.63, 3.8) is 0 Å². The third-order valence-corrected chi connectivity index (χ3v) is 1.68. The zero-order valence-electron chi connectivity index (χ0n) is 7.97. The lowest BCUT2D eigenvalue weighted by Gasteiger charge is -2.01. The van der Waals surface area contributed by atoms with Crippen LogP contribution in [0, 0.1) is 0 Å². The third-order valence-electron chi connectivity index (χ3n) is 1.68. The smallest absolute Gasteiger partial charge is 0.244 e. The molecule has 1 aromatic rings. The zero-order chi connectivity index (χ0) is 11.1. The minimum atomic E-state index is -1.38. The summed E-state index contributed by atoms with van der Waals surface area (Å²) in [6, 6.07) is 9.32. The van der Waals surface area contributed by atoms with Crippen molar-refractivity contribution >= 4 is 11.9 Å². The molecule has 0 spiro atoms. The van der Waals surface area contributed by atoms with Gasteiger partial charge in [0.25, 0.3) is 0 Å². The van der Waals surface area contributed by atoms with E-state index in [9.17, 15) is 14.7 Å². The average molecular weight is 204 g/mol. The molecule has 0 fully saturated rings. The van der Waals surface area contributed by atoms with Gasteiger partial charge in [-0.3, -0.25) is 4.79 Å². The molecular formula is C11H10NO3-. The maximum atomic E-state index is 11.0. The monoisotopic (exact) mass is 204 g/mol. The van der Waals surface area contributed by atoms with Gasteiger partial charge >= 0.3 is 0 Å². The summed E-state index contributed by atoms with van der Waals surface area (Å²) in [4.78, 5) is 21.0. The Kier molecular flexibility index (Phi) is 4.09. The number of carboxylic acids is 1. The third kappa shape index (κ3) is 4.61. The van der Waals surface area contributed by atoms with E-state index < -0.39 is 11.9 Å². The molecule has 1 amide bonds. The number of carbonyl (C=O) groups is 2. The van der Waals surface area contributed by atoms with Crippen LogP contribution in [0.1, 0.15) is 5.56 Å². The van der Waals surface area contributed by atoms with Crippen LogP contribution in [0.25, 0.3) is 0 Å². The van der Waals surface area contributed by atoms with Gasteiger partial charge in [-0.15, -0.1) is 0 Å². The van der Waals surface area contributed by atoms with Crippen LogP contribution in [0.5, 0.6) is 0 Å². The highest BCUT2D eigenvalue weighted by Gasteiger charge is 1.94. The van der Waals surface area contributed by atoms with Crippen molar-refractivity contribution < 1.29 is 14.7 Å². The molecule has 0 aliphatic carbocycles. The molecular weight excluding hydrogens is 194 g/mol. The van der Waals surface area contributed by atoms with Crippen LogP contribution in [0.15, 0.2) is 42.5 Å². The van der Waals surface area contributed by atoms with Gasteiger partial charge in [0, 0.05) is 12.6 Å². The van der Waals surface area contributed by atoms with Crippen molar-refractivity contribution in [3.8, 4) is 0 Å². The number of aliphatic carboxylic acids is 1. The first-order chi connectivity index (χ1) is 7.18. The first-order valence-corrected chi connectivity index (χ1v) is 4.39. The summed E-state index contributed by atoms with van der Waals surface area (Å²) in [6.07, 6.45) is 1.62. The molecule has 0 bridgehead atoms. The van der Waals surface area contributed by atoms with Crippen LogP contribution in [0.4, 0.5) is 0 Å². The van der Waals surface area contributed by atoms with E-state index in [1.54, 1.807) is 0 Å². The summed E-state index contributed by atoms with van der Waals surface area (Å²) in [5.74, 6) is -1.84. The lowest BCUT2D eigenvalue weighted by atomic mass is 10.2. The standard InChI is InChI=1S/C11H11NO3/c13-10(6-7-11(14)15)12-8-9-4-2-1-3-5-9/h1-7H,8H2,(H,12,13)(H,14,15)/p-1/b7-6+. The van der Waals surface area contributed by atoms with Crippen molar-refractivity contribution in [1.29, 1.82) is 0 Å². The highest BCUT2D eigenvalue weighted by molar-refractivity contribution is 5.93. The topological polar surface area (TPSA) is 69.2 Å². The van der Waals surface area contributed by atoms with E-state index in [1.165, 1.54) is 0 Å². The van der Waals surface area contributed by atoms with Crippen molar-refractivity contribution in [2.24, 2.45) is 0 Å². The molecule has 0 heterocycles. The lowest BCUT2D eigenvalue weighted by molar-refractivity contribution is -0.297. The van der Waals surface area contributed by atoms with E-state index in [4.69, 9.17) is 0 Å². The van der Waals surface area contributed by atoms with Crippen LogP contribution < -0.4 is 10.4 Å². The quantitative estimate of drug-likeness (QED) is 0.679. The number of rotatable bonds is 4. The molecule has 0 aromatic heterocycles. The fourth-order valence-electron chi connectivity index (χ4n) is 0.988. The zero-order valence-corrected chi connectivity index (χ0v) is 7.97. The molecule has 0 saturated carbocycles. The molecule has 4 heteroatoms. The van der Waals surface area contributed by atoms with E-state index in [1.807, 2.05) is 30.3 Å². The number of hydrogen-bond acceptors (Lipinski definition) is 3. The summed E-state index contributed by atoms with van der Waals surface area (Å²) >= 11 is 0. The first kappa shape index (κ1) is 11.0. The Balaban J connectivity index is 2.38. The Labute approximate surface area is 87.2 Å². The van der Waals surface area contributed by atoms with Gasteiger partial charge in [-0.1, -0.05) is 30.3 Å². The molecule has 0 radical (unpaired) electrons. The molecule has 4 nitrogen and oxygen atoms in total. The second-order valence-electron chi connectivity index (χ2n) is 2.86. The average Bonchev–Trinajstić information content (AvgIpc) is 2.25. The fraction of sp³-hybridized carbons (Fsp3) is 0.0909. The van der Waals surface area contributed by atoms with E-state index in [-0.39, 0.29) is 0 Å². The summed E-state index contributed by atoms with van der Waals surface area (Å²) in [5.41, 5.74) is 0.952. The van der Waals surface area contributed by atoms with Gasteiger partial charge in [0.1, 0.15) is 0 Å². The minimum Gasteiger partial charge on any atom is -0.545 e. The second kappa shape index (κ2) is 5.59. The largest absolute Gasteiger partial charge is 0.545 e. The normalized spacial score (nSPS) is 10.1. The Morgan fingerprint density at radius 3 is 2.47 bits per heavy atom. The van der Waals surface area contributed by atoms with E-state index in [0.29, 0.717) is 12.6 Å².